The molecule has 0 radical (unpaired) electrons. The lowest BCUT2D eigenvalue weighted by atomic mass is 10.3. The van der Waals surface area contributed by atoms with Gasteiger partial charge in [0.05, 0.1) is 16.9 Å². The van der Waals surface area contributed by atoms with Crippen LogP contribution in [0.1, 0.15) is 62.7 Å². The van der Waals surface area contributed by atoms with Crippen molar-refractivity contribution in [2.24, 2.45) is 0 Å². The summed E-state index contributed by atoms with van der Waals surface area (Å²) < 4.78 is 12.3. The summed E-state index contributed by atoms with van der Waals surface area (Å²) in [6, 6.07) is 1.63. The first-order valence-electron chi connectivity index (χ1n) is 7.97. The molecule has 0 amide bonds. The highest BCUT2D eigenvalue weighted by Crippen LogP contribution is 2.14. The van der Waals surface area contributed by atoms with Gasteiger partial charge in [-0.15, -0.1) is 11.3 Å². The number of pyridine rings is 1. The number of aryl methyl sites for hydroxylation is 4. The molecular weight excluding hydrogens is 295 g/mol. The van der Waals surface area contributed by atoms with Crippen LogP contribution in [0.2, 0.25) is 0 Å². The molecule has 2 rings (SSSR count). The maximum Gasteiger partial charge on any atom is 0.144 e. The normalized spacial score (nSPS) is 7.77. The molecule has 0 saturated carbocycles. The van der Waals surface area contributed by atoms with Crippen molar-refractivity contribution in [3.05, 3.63) is 45.4 Å². The monoisotopic (exact) mass is 328 g/mol. The van der Waals surface area contributed by atoms with Gasteiger partial charge in [0.2, 0.25) is 0 Å². The van der Waals surface area contributed by atoms with E-state index in [0.29, 0.717) is 5.56 Å². The second-order valence-corrected chi connectivity index (χ2v) is 4.91. The molecule has 0 spiro atoms. The summed E-state index contributed by atoms with van der Waals surface area (Å²) in [6.45, 7) is 19.9. The minimum Gasteiger partial charge on any atom is -0.262 e. The van der Waals surface area contributed by atoms with Gasteiger partial charge in [-0.25, -0.2) is 9.37 Å². The Labute approximate surface area is 140 Å². The van der Waals surface area contributed by atoms with Crippen molar-refractivity contribution < 1.29 is 4.39 Å². The van der Waals surface area contributed by atoms with E-state index in [0.717, 1.165) is 0 Å². The summed E-state index contributed by atoms with van der Waals surface area (Å²) in [4.78, 5) is 9.13. The van der Waals surface area contributed by atoms with Crippen LogP contribution < -0.4 is 0 Å². The van der Waals surface area contributed by atoms with Crippen molar-refractivity contribution in [3.63, 3.8) is 0 Å². The van der Waals surface area contributed by atoms with Crippen LogP contribution in [-0.2, 0) is 0 Å². The Bertz CT molecular complexity index is 427. The lowest BCUT2D eigenvalue weighted by Crippen LogP contribution is -1.80. The summed E-state index contributed by atoms with van der Waals surface area (Å²) in [7, 11) is 0. The molecule has 0 aliphatic carbocycles. The molecule has 22 heavy (non-hydrogen) atoms. The number of nitrogens with zero attached hydrogens (tertiary/aromatic N) is 2. The predicted octanol–water partition coefficient (Wildman–Crippen LogP) is 6.68. The van der Waals surface area contributed by atoms with Gasteiger partial charge in [-0.2, -0.15) is 0 Å². The molecule has 2 aromatic heterocycles. The van der Waals surface area contributed by atoms with Gasteiger partial charge in [-0.1, -0.05) is 41.5 Å². The van der Waals surface area contributed by atoms with Gasteiger partial charge in [-0.05, 0) is 39.3 Å². The van der Waals surface area contributed by atoms with Gasteiger partial charge in [0.1, 0.15) is 5.82 Å². The van der Waals surface area contributed by atoms with E-state index in [1.54, 1.807) is 30.5 Å². The quantitative estimate of drug-likeness (QED) is 0.539. The highest BCUT2D eigenvalue weighted by Gasteiger charge is 1.95. The second-order valence-electron chi connectivity index (χ2n) is 3.50. The van der Waals surface area contributed by atoms with E-state index in [1.807, 2.05) is 55.4 Å². The summed E-state index contributed by atoms with van der Waals surface area (Å²) >= 11 is 1.76. The standard InChI is InChI=1S/C6H6FN.C6H9NS.3C2H6/c1-5-2-3-8-4-6(5)7;1-4-5(2)8-6(3)7-4;3*1-2/h2-4H,1H3;1-3H3;3*1-2H3. The fourth-order valence-corrected chi connectivity index (χ4v) is 1.90. The average molecular weight is 329 g/mol. The van der Waals surface area contributed by atoms with Crippen LogP contribution in [0.25, 0.3) is 0 Å². The van der Waals surface area contributed by atoms with Gasteiger partial charge >= 0.3 is 0 Å². The minimum absolute atomic E-state index is 0.243. The van der Waals surface area contributed by atoms with Gasteiger partial charge in [0.25, 0.3) is 0 Å². The number of hydrogen-bond donors (Lipinski definition) is 0. The molecule has 0 N–H and O–H groups in total. The van der Waals surface area contributed by atoms with Crippen LogP contribution in [0, 0.1) is 33.5 Å². The number of hydrogen-bond acceptors (Lipinski definition) is 3. The fourth-order valence-electron chi connectivity index (χ4n) is 1.08. The SMILES string of the molecule is CC.CC.CC.Cc1ccncc1F.Cc1nc(C)c(C)s1. The maximum atomic E-state index is 12.3. The highest BCUT2D eigenvalue weighted by atomic mass is 32.1. The van der Waals surface area contributed by atoms with Crippen LogP contribution >= 0.6 is 11.3 Å². The zero-order valence-corrected chi connectivity index (χ0v) is 16.7. The zero-order valence-electron chi connectivity index (χ0n) is 15.9. The molecule has 2 nitrogen and oxygen atoms in total. The van der Waals surface area contributed by atoms with E-state index in [2.05, 4.69) is 16.9 Å². The molecule has 128 valence electrons. The molecule has 2 aromatic rings. The molecule has 0 saturated heterocycles. The summed E-state index contributed by atoms with van der Waals surface area (Å²) in [5.41, 5.74) is 1.81. The first-order valence-corrected chi connectivity index (χ1v) is 8.79. The molecule has 0 bridgehead atoms. The Morgan fingerprint density at radius 1 is 0.909 bits per heavy atom. The van der Waals surface area contributed by atoms with Crippen molar-refractivity contribution in [2.75, 3.05) is 0 Å². The molecule has 0 fully saturated rings. The number of thiazole rings is 1. The van der Waals surface area contributed by atoms with Crippen LogP contribution in [0.5, 0.6) is 0 Å². The van der Waals surface area contributed by atoms with E-state index in [9.17, 15) is 4.39 Å². The van der Waals surface area contributed by atoms with Crippen molar-refractivity contribution in [1.29, 1.82) is 0 Å². The van der Waals surface area contributed by atoms with E-state index >= 15 is 0 Å². The average Bonchev–Trinajstić information content (AvgIpc) is 2.85. The lowest BCUT2D eigenvalue weighted by Gasteiger charge is -1.88. The van der Waals surface area contributed by atoms with Crippen LogP contribution in [0.15, 0.2) is 18.5 Å². The van der Waals surface area contributed by atoms with Crippen LogP contribution in [0.4, 0.5) is 4.39 Å². The third-order valence-corrected chi connectivity index (χ3v) is 3.10. The fraction of sp³-hybridized carbons (Fsp3) is 0.556. The number of halogens is 1. The third-order valence-electron chi connectivity index (χ3n) is 2.11. The van der Waals surface area contributed by atoms with Gasteiger partial charge in [0.15, 0.2) is 0 Å². The third kappa shape index (κ3) is 12.5. The Balaban J connectivity index is -0.000000246. The van der Waals surface area contributed by atoms with Gasteiger partial charge in [-0.3, -0.25) is 4.98 Å². The van der Waals surface area contributed by atoms with Crippen molar-refractivity contribution in [3.8, 4) is 0 Å². The zero-order chi connectivity index (χ0) is 18.1. The molecule has 0 aliphatic rings. The molecular formula is C18H33FN2S. The minimum atomic E-state index is -0.243. The van der Waals surface area contributed by atoms with Crippen LogP contribution in [0.3, 0.4) is 0 Å². The Hall–Kier alpha value is -1.29. The Morgan fingerprint density at radius 3 is 1.59 bits per heavy atom. The molecule has 2 heterocycles. The lowest BCUT2D eigenvalue weighted by molar-refractivity contribution is 0.612. The van der Waals surface area contributed by atoms with Crippen molar-refractivity contribution in [2.45, 2.75) is 69.2 Å². The van der Waals surface area contributed by atoms with Crippen molar-refractivity contribution in [1.82, 2.24) is 9.97 Å². The summed E-state index contributed by atoms with van der Waals surface area (Å²) in [6.07, 6.45) is 2.77. The second kappa shape index (κ2) is 17.8. The van der Waals surface area contributed by atoms with E-state index in [4.69, 9.17) is 0 Å². The van der Waals surface area contributed by atoms with Crippen LogP contribution in [-0.4, -0.2) is 9.97 Å². The topological polar surface area (TPSA) is 25.8 Å². The highest BCUT2D eigenvalue weighted by molar-refractivity contribution is 7.11. The number of aromatic nitrogens is 2. The maximum absolute atomic E-state index is 12.3. The Kier molecular flexibility index (Phi) is 20.7. The van der Waals surface area contributed by atoms with Crippen molar-refractivity contribution >= 4 is 11.3 Å². The molecule has 0 aliphatic heterocycles. The largest absolute Gasteiger partial charge is 0.262 e. The van der Waals surface area contributed by atoms with Gasteiger partial charge < -0.3 is 0 Å². The first-order chi connectivity index (χ1) is 10.5. The molecule has 0 atom stereocenters. The summed E-state index contributed by atoms with van der Waals surface area (Å²) in [5.74, 6) is -0.243. The predicted molar refractivity (Wildman–Crippen MR) is 99.3 cm³/mol. The van der Waals surface area contributed by atoms with E-state index in [1.165, 1.54) is 21.8 Å². The molecule has 4 heteroatoms. The first kappa shape index (κ1) is 25.7. The smallest absolute Gasteiger partial charge is 0.144 e. The summed E-state index contributed by atoms with van der Waals surface area (Å²) in [5, 5.41) is 1.17. The van der Waals surface area contributed by atoms with E-state index < -0.39 is 0 Å². The van der Waals surface area contributed by atoms with Gasteiger partial charge in [0, 0.05) is 11.1 Å². The Morgan fingerprint density at radius 2 is 1.41 bits per heavy atom. The number of rotatable bonds is 0. The molecule has 0 unspecified atom stereocenters. The molecule has 0 aromatic carbocycles. The van der Waals surface area contributed by atoms with E-state index in [-0.39, 0.29) is 5.82 Å².